The minimum absolute atomic E-state index is 0.595. The molecule has 0 unspecified atom stereocenters. The number of nitrogens with zero attached hydrogens (tertiary/aromatic N) is 3. The van der Waals surface area contributed by atoms with Crippen molar-refractivity contribution in [3.8, 4) is 17.1 Å². The van der Waals surface area contributed by atoms with Crippen LogP contribution in [0, 0.1) is 0 Å². The van der Waals surface area contributed by atoms with Crippen molar-refractivity contribution >= 4 is 11.6 Å². The van der Waals surface area contributed by atoms with Crippen LogP contribution >= 0.6 is 0 Å². The highest BCUT2D eigenvalue weighted by Crippen LogP contribution is 2.23. The Morgan fingerprint density at radius 3 is 2.27 bits per heavy atom. The Morgan fingerprint density at radius 1 is 0.800 bits per heavy atom. The fraction of sp³-hybridized carbons (Fsp3) is 0.125. The van der Waals surface area contributed by atoms with E-state index in [0.29, 0.717) is 18.9 Å². The summed E-state index contributed by atoms with van der Waals surface area (Å²) in [6.45, 7) is 1.22. The summed E-state index contributed by atoms with van der Waals surface area (Å²) in [7, 11) is 1.68. The van der Waals surface area contributed by atoms with Crippen molar-refractivity contribution < 1.29 is 4.74 Å². The fourth-order valence-electron chi connectivity index (χ4n) is 3.07. The van der Waals surface area contributed by atoms with E-state index >= 15 is 0 Å². The second-order valence-corrected chi connectivity index (χ2v) is 6.71. The average molecular weight is 397 g/mol. The molecule has 0 amide bonds. The number of para-hydroxylation sites is 1. The Balaban J connectivity index is 1.58. The van der Waals surface area contributed by atoms with E-state index < -0.39 is 0 Å². The topological polar surface area (TPSA) is 72.0 Å². The van der Waals surface area contributed by atoms with Gasteiger partial charge in [-0.3, -0.25) is 4.98 Å². The molecule has 0 saturated carbocycles. The average Bonchev–Trinajstić information content (AvgIpc) is 2.83. The van der Waals surface area contributed by atoms with E-state index in [2.05, 4.69) is 15.6 Å². The lowest BCUT2D eigenvalue weighted by Gasteiger charge is -2.13. The van der Waals surface area contributed by atoms with Crippen LogP contribution in [0.4, 0.5) is 11.6 Å². The van der Waals surface area contributed by atoms with Gasteiger partial charge in [-0.1, -0.05) is 54.6 Å². The molecule has 0 spiro atoms. The van der Waals surface area contributed by atoms with Crippen LogP contribution in [0.15, 0.2) is 85.2 Å². The van der Waals surface area contributed by atoms with Crippen LogP contribution in [0.3, 0.4) is 0 Å². The third-order valence-corrected chi connectivity index (χ3v) is 4.61. The van der Waals surface area contributed by atoms with Crippen molar-refractivity contribution in [3.63, 3.8) is 0 Å². The molecule has 2 N–H and O–H groups in total. The first-order valence-electron chi connectivity index (χ1n) is 9.75. The number of ether oxygens (including phenoxy) is 1. The molecule has 0 aliphatic heterocycles. The summed E-state index contributed by atoms with van der Waals surface area (Å²) < 4.78 is 5.45. The summed E-state index contributed by atoms with van der Waals surface area (Å²) in [6.07, 6.45) is 3.61. The lowest BCUT2D eigenvalue weighted by molar-refractivity contribution is 0.410. The monoisotopic (exact) mass is 397 g/mol. The number of pyridine rings is 1. The largest absolute Gasteiger partial charge is 0.496 e. The van der Waals surface area contributed by atoms with E-state index in [4.69, 9.17) is 14.7 Å². The maximum atomic E-state index is 5.45. The van der Waals surface area contributed by atoms with E-state index in [1.807, 2.05) is 79.0 Å². The second-order valence-electron chi connectivity index (χ2n) is 6.71. The molecular formula is C24H23N5O. The highest BCUT2D eigenvalue weighted by molar-refractivity contribution is 5.61. The van der Waals surface area contributed by atoms with Gasteiger partial charge in [0.2, 0.25) is 0 Å². The van der Waals surface area contributed by atoms with Gasteiger partial charge < -0.3 is 15.4 Å². The highest BCUT2D eigenvalue weighted by Gasteiger charge is 2.08. The third-order valence-electron chi connectivity index (χ3n) is 4.61. The van der Waals surface area contributed by atoms with E-state index in [9.17, 15) is 0 Å². The summed E-state index contributed by atoms with van der Waals surface area (Å²) in [5, 5.41) is 6.78. The Labute approximate surface area is 176 Å². The van der Waals surface area contributed by atoms with E-state index in [1.54, 1.807) is 13.3 Å². The molecule has 0 aliphatic rings. The first-order chi connectivity index (χ1) is 14.8. The van der Waals surface area contributed by atoms with Crippen LogP contribution in [0.2, 0.25) is 0 Å². The molecule has 30 heavy (non-hydrogen) atoms. The molecule has 2 aromatic carbocycles. The summed E-state index contributed by atoms with van der Waals surface area (Å²) in [5.41, 5.74) is 3.11. The van der Waals surface area contributed by atoms with E-state index in [1.165, 1.54) is 0 Å². The van der Waals surface area contributed by atoms with E-state index in [-0.39, 0.29) is 0 Å². The molecular weight excluding hydrogens is 374 g/mol. The molecule has 0 aliphatic carbocycles. The zero-order chi connectivity index (χ0) is 20.6. The highest BCUT2D eigenvalue weighted by atomic mass is 16.5. The van der Waals surface area contributed by atoms with Gasteiger partial charge in [0.15, 0.2) is 5.82 Å². The van der Waals surface area contributed by atoms with Gasteiger partial charge in [0.1, 0.15) is 17.4 Å². The Morgan fingerprint density at radius 2 is 1.53 bits per heavy atom. The first-order valence-corrected chi connectivity index (χ1v) is 9.75. The summed E-state index contributed by atoms with van der Waals surface area (Å²) in [5.74, 6) is 2.99. The van der Waals surface area contributed by atoms with Crippen molar-refractivity contribution in [2.75, 3.05) is 17.7 Å². The lowest BCUT2D eigenvalue weighted by atomic mass is 10.2. The summed E-state index contributed by atoms with van der Waals surface area (Å²) in [6, 6.07) is 23.8. The summed E-state index contributed by atoms with van der Waals surface area (Å²) in [4.78, 5) is 13.6. The van der Waals surface area contributed by atoms with Crippen molar-refractivity contribution in [1.29, 1.82) is 0 Å². The van der Waals surface area contributed by atoms with Crippen LogP contribution in [0.5, 0.6) is 5.75 Å². The molecule has 0 atom stereocenters. The van der Waals surface area contributed by atoms with Crippen LogP contribution in [0.1, 0.15) is 11.1 Å². The number of methoxy groups -OCH3 is 1. The standard InChI is InChI=1S/C24H23N5O/c1-30-21-12-6-5-11-20(21)17-27-23-14-22(26-16-18-8-7-13-25-15-18)28-24(29-23)19-9-3-2-4-10-19/h2-15H,16-17H2,1H3,(H2,26,27,28,29). The normalized spacial score (nSPS) is 10.4. The fourth-order valence-corrected chi connectivity index (χ4v) is 3.07. The first kappa shape index (κ1) is 19.4. The predicted molar refractivity (Wildman–Crippen MR) is 119 cm³/mol. The minimum Gasteiger partial charge on any atom is -0.496 e. The van der Waals surface area contributed by atoms with Gasteiger partial charge in [0.05, 0.1) is 7.11 Å². The molecule has 6 nitrogen and oxygen atoms in total. The van der Waals surface area contributed by atoms with Crippen molar-refractivity contribution in [1.82, 2.24) is 15.0 Å². The van der Waals surface area contributed by atoms with E-state index in [0.717, 1.165) is 34.1 Å². The molecule has 0 saturated heterocycles. The quantitative estimate of drug-likeness (QED) is 0.446. The lowest BCUT2D eigenvalue weighted by Crippen LogP contribution is -2.08. The molecule has 2 heterocycles. The molecule has 0 radical (unpaired) electrons. The number of hydrogen-bond acceptors (Lipinski definition) is 6. The van der Waals surface area contributed by atoms with Gasteiger partial charge in [0.25, 0.3) is 0 Å². The molecule has 4 aromatic rings. The van der Waals surface area contributed by atoms with Gasteiger partial charge >= 0.3 is 0 Å². The number of anilines is 2. The molecule has 0 bridgehead atoms. The van der Waals surface area contributed by atoms with Crippen molar-refractivity contribution in [3.05, 3.63) is 96.3 Å². The third kappa shape index (κ3) is 4.91. The SMILES string of the molecule is COc1ccccc1CNc1cc(NCc2cccnc2)nc(-c2ccccc2)n1. The Kier molecular flexibility index (Phi) is 6.15. The van der Waals surface area contributed by atoms with Crippen LogP contribution in [-0.4, -0.2) is 22.1 Å². The number of hydrogen-bond donors (Lipinski definition) is 2. The van der Waals surface area contributed by atoms with Crippen LogP contribution in [0.25, 0.3) is 11.4 Å². The number of nitrogens with one attached hydrogen (secondary N) is 2. The van der Waals surface area contributed by atoms with Crippen LogP contribution in [-0.2, 0) is 13.1 Å². The van der Waals surface area contributed by atoms with Crippen LogP contribution < -0.4 is 15.4 Å². The number of aromatic nitrogens is 3. The Hall–Kier alpha value is -3.93. The molecule has 150 valence electrons. The van der Waals surface area contributed by atoms with Gasteiger partial charge in [-0.2, -0.15) is 0 Å². The van der Waals surface area contributed by atoms with Gasteiger partial charge in [0, 0.05) is 42.7 Å². The zero-order valence-corrected chi connectivity index (χ0v) is 16.7. The Bertz CT molecular complexity index is 1090. The van der Waals surface area contributed by atoms with Gasteiger partial charge in [-0.15, -0.1) is 0 Å². The predicted octanol–water partition coefficient (Wildman–Crippen LogP) is 4.77. The van der Waals surface area contributed by atoms with Gasteiger partial charge in [-0.05, 0) is 17.7 Å². The molecule has 4 rings (SSSR count). The zero-order valence-electron chi connectivity index (χ0n) is 16.7. The minimum atomic E-state index is 0.595. The van der Waals surface area contributed by atoms with Crippen molar-refractivity contribution in [2.24, 2.45) is 0 Å². The smallest absolute Gasteiger partial charge is 0.163 e. The van der Waals surface area contributed by atoms with Crippen molar-refractivity contribution in [2.45, 2.75) is 13.1 Å². The molecule has 6 heteroatoms. The van der Waals surface area contributed by atoms with Gasteiger partial charge in [-0.25, -0.2) is 9.97 Å². The molecule has 0 fully saturated rings. The number of rotatable bonds is 8. The maximum absolute atomic E-state index is 5.45. The number of benzene rings is 2. The molecule has 2 aromatic heterocycles. The second kappa shape index (κ2) is 9.52. The maximum Gasteiger partial charge on any atom is 0.163 e. The summed E-state index contributed by atoms with van der Waals surface area (Å²) >= 11 is 0.